The molecule has 0 aromatic heterocycles. The molecule has 7 heteroatoms. The summed E-state index contributed by atoms with van der Waals surface area (Å²) in [6.07, 6.45) is -1.83. The molecule has 0 amide bonds. The van der Waals surface area contributed by atoms with Gasteiger partial charge < -0.3 is 0 Å². The lowest BCUT2D eigenvalue weighted by molar-refractivity contribution is -0.137. The highest BCUT2D eigenvalue weighted by atomic mass is 32.2. The van der Waals surface area contributed by atoms with Crippen molar-refractivity contribution in [3.8, 4) is 11.1 Å². The van der Waals surface area contributed by atoms with Gasteiger partial charge in [-0.1, -0.05) is 24.3 Å². The quantitative estimate of drug-likeness (QED) is 0.841. The van der Waals surface area contributed by atoms with Crippen LogP contribution in [-0.4, -0.2) is 20.9 Å². The molecule has 0 unspecified atom stereocenters. The topological polar surface area (TPSA) is 46.5 Å². The molecular weight excluding hydrogens is 339 g/mol. The Hall–Kier alpha value is -2.15. The average molecular weight is 353 g/mol. The summed E-state index contributed by atoms with van der Waals surface area (Å²) < 4.78 is 62.8. The predicted octanol–water partition coefficient (Wildman–Crippen LogP) is 3.85. The second kappa shape index (κ2) is 5.73. The van der Waals surface area contributed by atoms with Gasteiger partial charge in [0, 0.05) is 18.0 Å². The molecule has 0 spiro atoms. The molecule has 0 fully saturated rings. The Bertz CT molecular complexity index is 931. The van der Waals surface area contributed by atoms with Gasteiger partial charge in [-0.15, -0.1) is 0 Å². The van der Waals surface area contributed by atoms with Crippen molar-refractivity contribution < 1.29 is 21.6 Å². The summed E-state index contributed by atoms with van der Waals surface area (Å²) in [6.45, 7) is 0.195. The second-order valence-electron chi connectivity index (χ2n) is 5.79. The highest BCUT2D eigenvalue weighted by Crippen LogP contribution is 2.38. The number of benzene rings is 2. The molecule has 0 saturated carbocycles. The molecule has 126 valence electrons. The van der Waals surface area contributed by atoms with Gasteiger partial charge in [0.05, 0.1) is 17.9 Å². The molecule has 1 aliphatic heterocycles. The van der Waals surface area contributed by atoms with Crippen LogP contribution < -0.4 is 0 Å². The highest BCUT2D eigenvalue weighted by molar-refractivity contribution is 7.89. The molecule has 0 atom stereocenters. The molecule has 3 rings (SSSR count). The number of hydrogen-bond donors (Lipinski definition) is 0. The van der Waals surface area contributed by atoms with E-state index in [9.17, 15) is 21.6 Å². The summed E-state index contributed by atoms with van der Waals surface area (Å²) in [7, 11) is -3.32. The molecule has 0 saturated heterocycles. The van der Waals surface area contributed by atoms with Crippen molar-refractivity contribution in [1.29, 1.82) is 0 Å². The van der Waals surface area contributed by atoms with Crippen molar-refractivity contribution in [2.45, 2.75) is 18.5 Å². The van der Waals surface area contributed by atoms with Crippen molar-refractivity contribution in [1.82, 2.24) is 0 Å². The lowest BCUT2D eigenvalue weighted by Crippen LogP contribution is -2.08. The fourth-order valence-electron chi connectivity index (χ4n) is 2.81. The minimum absolute atomic E-state index is 0.195. The molecule has 2 aromatic rings. The molecular formula is C17H14F3NO2S. The largest absolute Gasteiger partial charge is 0.416 e. The maximum Gasteiger partial charge on any atom is 0.416 e. The standard InChI is InChI=1S/C17H14F3NO2S/c1-24(22,23)10-11-4-2-3-5-14(11)15-7-13(17(18,19)20)6-12-8-21-9-16(12)15/h2-7,9H,8,10H2,1H3. The zero-order chi connectivity index (χ0) is 17.5. The zero-order valence-corrected chi connectivity index (χ0v) is 13.6. The lowest BCUT2D eigenvalue weighted by atomic mass is 9.92. The Balaban J connectivity index is 2.24. The van der Waals surface area contributed by atoms with Crippen LogP contribution in [0.4, 0.5) is 13.2 Å². The van der Waals surface area contributed by atoms with Crippen LogP contribution in [0.1, 0.15) is 22.3 Å². The van der Waals surface area contributed by atoms with Crippen LogP contribution in [0.2, 0.25) is 0 Å². The Labute approximate surface area is 137 Å². The fraction of sp³-hybridized carbons (Fsp3) is 0.235. The third-order valence-electron chi connectivity index (χ3n) is 3.80. The van der Waals surface area contributed by atoms with E-state index < -0.39 is 21.6 Å². The van der Waals surface area contributed by atoms with Crippen molar-refractivity contribution >= 4 is 16.1 Å². The normalized spacial score (nSPS) is 14.0. The van der Waals surface area contributed by atoms with E-state index in [1.807, 2.05) is 0 Å². The van der Waals surface area contributed by atoms with Crippen LogP contribution >= 0.6 is 0 Å². The molecule has 3 nitrogen and oxygen atoms in total. The Morgan fingerprint density at radius 2 is 1.83 bits per heavy atom. The van der Waals surface area contributed by atoms with E-state index in [4.69, 9.17) is 0 Å². The lowest BCUT2D eigenvalue weighted by Gasteiger charge is -2.16. The van der Waals surface area contributed by atoms with Gasteiger partial charge in [0.25, 0.3) is 0 Å². The molecule has 24 heavy (non-hydrogen) atoms. The number of hydrogen-bond acceptors (Lipinski definition) is 3. The highest BCUT2D eigenvalue weighted by Gasteiger charge is 2.33. The first kappa shape index (κ1) is 16.7. The molecule has 2 aromatic carbocycles. The summed E-state index contributed by atoms with van der Waals surface area (Å²) >= 11 is 0. The fourth-order valence-corrected chi connectivity index (χ4v) is 3.63. The first-order chi connectivity index (χ1) is 11.1. The van der Waals surface area contributed by atoms with Crippen LogP contribution in [0, 0.1) is 0 Å². The monoisotopic (exact) mass is 353 g/mol. The van der Waals surface area contributed by atoms with Gasteiger partial charge in [-0.05, 0) is 34.4 Å². The van der Waals surface area contributed by atoms with Crippen LogP contribution in [0.25, 0.3) is 11.1 Å². The van der Waals surface area contributed by atoms with E-state index in [-0.39, 0.29) is 12.3 Å². The summed E-state index contributed by atoms with van der Waals surface area (Å²) in [5.41, 5.74) is 1.68. The smallest absolute Gasteiger partial charge is 0.288 e. The maximum absolute atomic E-state index is 13.2. The van der Waals surface area contributed by atoms with E-state index >= 15 is 0 Å². The van der Waals surface area contributed by atoms with Gasteiger partial charge in [0.2, 0.25) is 0 Å². The number of alkyl halides is 3. The third kappa shape index (κ3) is 3.36. The van der Waals surface area contributed by atoms with Crippen molar-refractivity contribution in [3.63, 3.8) is 0 Å². The van der Waals surface area contributed by atoms with E-state index in [1.165, 1.54) is 0 Å². The van der Waals surface area contributed by atoms with Gasteiger partial charge in [0.15, 0.2) is 9.84 Å². The van der Waals surface area contributed by atoms with Crippen LogP contribution in [0.15, 0.2) is 41.4 Å². The third-order valence-corrected chi connectivity index (χ3v) is 4.64. The first-order valence-corrected chi connectivity index (χ1v) is 9.21. The van der Waals surface area contributed by atoms with Crippen LogP contribution in [0.3, 0.4) is 0 Å². The van der Waals surface area contributed by atoms with Crippen molar-refractivity contribution in [3.05, 3.63) is 58.7 Å². The summed E-state index contributed by atoms with van der Waals surface area (Å²) in [4.78, 5) is 4.05. The van der Waals surface area contributed by atoms with Crippen LogP contribution in [0.5, 0.6) is 0 Å². The number of sulfone groups is 1. The molecule has 1 aliphatic rings. The van der Waals surface area contributed by atoms with Gasteiger partial charge >= 0.3 is 6.18 Å². The van der Waals surface area contributed by atoms with Crippen LogP contribution in [-0.2, 0) is 28.3 Å². The van der Waals surface area contributed by atoms with E-state index in [0.717, 1.165) is 18.4 Å². The van der Waals surface area contributed by atoms with Crippen molar-refractivity contribution in [2.24, 2.45) is 4.99 Å². The van der Waals surface area contributed by atoms with Gasteiger partial charge in [-0.3, -0.25) is 4.99 Å². The minimum atomic E-state index is -4.47. The van der Waals surface area contributed by atoms with E-state index in [0.29, 0.717) is 27.8 Å². The number of halogens is 3. The summed E-state index contributed by atoms with van der Waals surface area (Å²) in [6, 6.07) is 8.78. The summed E-state index contributed by atoms with van der Waals surface area (Å²) in [5, 5.41) is 0. The number of fused-ring (bicyclic) bond motifs is 1. The van der Waals surface area contributed by atoms with E-state index in [1.54, 1.807) is 30.5 Å². The minimum Gasteiger partial charge on any atom is -0.288 e. The average Bonchev–Trinajstić information content (AvgIpc) is 2.92. The Morgan fingerprint density at radius 1 is 1.12 bits per heavy atom. The van der Waals surface area contributed by atoms with Gasteiger partial charge in [0.1, 0.15) is 0 Å². The van der Waals surface area contributed by atoms with Gasteiger partial charge in [-0.2, -0.15) is 13.2 Å². The molecule has 0 bridgehead atoms. The second-order valence-corrected chi connectivity index (χ2v) is 7.93. The van der Waals surface area contributed by atoms with E-state index in [2.05, 4.69) is 4.99 Å². The SMILES string of the molecule is CS(=O)(=O)Cc1ccccc1-c1cc(C(F)(F)F)cc2c1C=NC2. The zero-order valence-electron chi connectivity index (χ0n) is 12.8. The molecule has 0 radical (unpaired) electrons. The maximum atomic E-state index is 13.2. The Morgan fingerprint density at radius 3 is 2.50 bits per heavy atom. The van der Waals surface area contributed by atoms with Gasteiger partial charge in [-0.25, -0.2) is 8.42 Å². The Kier molecular flexibility index (Phi) is 3.99. The predicted molar refractivity (Wildman–Crippen MR) is 86.7 cm³/mol. The van der Waals surface area contributed by atoms with Crippen molar-refractivity contribution in [2.75, 3.05) is 6.26 Å². The molecule has 0 N–H and O–H groups in total. The molecule has 1 heterocycles. The number of rotatable bonds is 3. The number of aliphatic imine (C=N–C) groups is 1. The first-order valence-electron chi connectivity index (χ1n) is 7.15. The number of nitrogens with zero attached hydrogens (tertiary/aromatic N) is 1. The molecule has 0 aliphatic carbocycles. The summed E-state index contributed by atoms with van der Waals surface area (Å²) in [5.74, 6) is -0.231.